The zero-order valence-corrected chi connectivity index (χ0v) is 13.6. The third-order valence-corrected chi connectivity index (χ3v) is 4.00. The number of carboxylic acid groups (broad SMARTS) is 1. The lowest BCUT2D eigenvalue weighted by atomic mass is 10.2. The maximum Gasteiger partial charge on any atom is 0.339 e. The number of esters is 1. The fourth-order valence-corrected chi connectivity index (χ4v) is 2.78. The summed E-state index contributed by atoms with van der Waals surface area (Å²) in [6.07, 6.45) is 0. The van der Waals surface area contributed by atoms with E-state index < -0.39 is 5.97 Å². The Labute approximate surface area is 138 Å². The van der Waals surface area contributed by atoms with E-state index in [9.17, 15) is 14.7 Å². The monoisotopic (exact) mass is 332 g/mol. The van der Waals surface area contributed by atoms with Crippen molar-refractivity contribution in [2.24, 2.45) is 0 Å². The molecule has 0 fully saturated rings. The van der Waals surface area contributed by atoms with Crippen molar-refractivity contribution in [2.75, 3.05) is 13.7 Å². The largest absolute Gasteiger partial charge is 0.496 e. The summed E-state index contributed by atoms with van der Waals surface area (Å²) < 4.78 is 9.96. The molecule has 0 unspecified atom stereocenters. The molecule has 2 aromatic rings. The van der Waals surface area contributed by atoms with Crippen molar-refractivity contribution in [1.82, 2.24) is 0 Å². The van der Waals surface area contributed by atoms with Gasteiger partial charge in [0.05, 0.1) is 19.3 Å². The average molecular weight is 332 g/mol. The summed E-state index contributed by atoms with van der Waals surface area (Å²) in [6.45, 7) is 2.09. The van der Waals surface area contributed by atoms with Crippen LogP contribution in [0.25, 0.3) is 0 Å². The first-order valence-corrected chi connectivity index (χ1v) is 7.73. The molecule has 0 atom stereocenters. The third-order valence-electron chi connectivity index (χ3n) is 3.00. The van der Waals surface area contributed by atoms with Crippen LogP contribution >= 0.6 is 11.8 Å². The molecule has 0 saturated heterocycles. The fourth-order valence-electron chi connectivity index (χ4n) is 1.93. The molecule has 2 rings (SSSR count). The van der Waals surface area contributed by atoms with Crippen LogP contribution in [0.2, 0.25) is 0 Å². The minimum atomic E-state index is -1.04. The van der Waals surface area contributed by atoms with E-state index in [4.69, 9.17) is 9.47 Å². The molecule has 0 aliphatic heterocycles. The zero-order valence-electron chi connectivity index (χ0n) is 12.7. The van der Waals surface area contributed by atoms with Gasteiger partial charge in [0.25, 0.3) is 0 Å². The summed E-state index contributed by atoms with van der Waals surface area (Å²) in [5.41, 5.74) is 0.595. The number of benzene rings is 2. The van der Waals surface area contributed by atoms with Gasteiger partial charge < -0.3 is 14.6 Å². The second kappa shape index (κ2) is 7.69. The quantitative estimate of drug-likeness (QED) is 0.813. The molecular weight excluding hydrogens is 316 g/mol. The second-order valence-electron chi connectivity index (χ2n) is 4.51. The van der Waals surface area contributed by atoms with E-state index in [0.717, 1.165) is 9.79 Å². The normalized spacial score (nSPS) is 10.2. The number of methoxy groups -OCH3 is 1. The van der Waals surface area contributed by atoms with Gasteiger partial charge in [0.1, 0.15) is 11.3 Å². The van der Waals surface area contributed by atoms with Crippen molar-refractivity contribution in [3.63, 3.8) is 0 Å². The van der Waals surface area contributed by atoms with Gasteiger partial charge in [-0.25, -0.2) is 9.59 Å². The Hall–Kier alpha value is -2.47. The van der Waals surface area contributed by atoms with Gasteiger partial charge in [0.15, 0.2) is 0 Å². The topological polar surface area (TPSA) is 72.8 Å². The van der Waals surface area contributed by atoms with Crippen LogP contribution in [0.1, 0.15) is 27.6 Å². The van der Waals surface area contributed by atoms with Crippen molar-refractivity contribution < 1.29 is 24.2 Å². The van der Waals surface area contributed by atoms with E-state index in [0.29, 0.717) is 17.9 Å². The van der Waals surface area contributed by atoms with E-state index in [1.807, 2.05) is 0 Å². The minimum Gasteiger partial charge on any atom is -0.496 e. The molecule has 23 heavy (non-hydrogen) atoms. The maximum atomic E-state index is 11.6. The summed E-state index contributed by atoms with van der Waals surface area (Å²) in [5.74, 6) is -1.08. The number of ether oxygens (including phenoxy) is 2. The third kappa shape index (κ3) is 4.26. The number of carboxylic acids is 1. The van der Waals surface area contributed by atoms with Gasteiger partial charge >= 0.3 is 11.9 Å². The summed E-state index contributed by atoms with van der Waals surface area (Å²) >= 11 is 1.40. The van der Waals surface area contributed by atoms with Crippen molar-refractivity contribution >= 4 is 23.7 Å². The van der Waals surface area contributed by atoms with E-state index in [2.05, 4.69) is 0 Å². The number of hydrogen-bond donors (Lipinski definition) is 1. The molecule has 0 heterocycles. The van der Waals surface area contributed by atoms with E-state index in [1.165, 1.54) is 18.9 Å². The molecule has 0 amide bonds. The highest BCUT2D eigenvalue weighted by Crippen LogP contribution is 2.31. The molecule has 0 aromatic heterocycles. The van der Waals surface area contributed by atoms with Crippen LogP contribution in [-0.2, 0) is 4.74 Å². The molecule has 0 bridgehead atoms. The lowest BCUT2D eigenvalue weighted by Gasteiger charge is -2.08. The Kier molecular flexibility index (Phi) is 5.65. The number of rotatable bonds is 6. The van der Waals surface area contributed by atoms with Gasteiger partial charge in [0.2, 0.25) is 0 Å². The summed E-state index contributed by atoms with van der Waals surface area (Å²) in [5, 5.41) is 9.19. The summed E-state index contributed by atoms with van der Waals surface area (Å²) in [6, 6.07) is 11.9. The van der Waals surface area contributed by atoms with Gasteiger partial charge in [-0.15, -0.1) is 0 Å². The van der Waals surface area contributed by atoms with E-state index in [-0.39, 0.29) is 11.5 Å². The molecule has 1 N–H and O–H groups in total. The van der Waals surface area contributed by atoms with Crippen LogP contribution in [0.4, 0.5) is 0 Å². The number of aromatic carboxylic acids is 1. The highest BCUT2D eigenvalue weighted by atomic mass is 32.2. The highest BCUT2D eigenvalue weighted by Gasteiger charge is 2.12. The Bertz CT molecular complexity index is 709. The molecule has 5 nitrogen and oxygen atoms in total. The Balaban J connectivity index is 2.17. The van der Waals surface area contributed by atoms with Gasteiger partial charge in [-0.2, -0.15) is 0 Å². The van der Waals surface area contributed by atoms with Crippen LogP contribution in [0.15, 0.2) is 52.3 Å². The summed E-state index contributed by atoms with van der Waals surface area (Å²) in [4.78, 5) is 24.5. The first-order chi connectivity index (χ1) is 11.0. The van der Waals surface area contributed by atoms with Crippen molar-refractivity contribution in [2.45, 2.75) is 16.7 Å². The Morgan fingerprint density at radius 1 is 1.09 bits per heavy atom. The molecule has 0 saturated carbocycles. The first kappa shape index (κ1) is 16.9. The Morgan fingerprint density at radius 3 is 2.30 bits per heavy atom. The van der Waals surface area contributed by atoms with Crippen LogP contribution < -0.4 is 4.74 Å². The van der Waals surface area contributed by atoms with Crippen LogP contribution in [0.5, 0.6) is 5.75 Å². The van der Waals surface area contributed by atoms with Crippen molar-refractivity contribution in [3.8, 4) is 5.75 Å². The van der Waals surface area contributed by atoms with Crippen LogP contribution in [0, 0.1) is 0 Å². The lowest BCUT2D eigenvalue weighted by Crippen LogP contribution is -2.03. The number of hydrogen-bond acceptors (Lipinski definition) is 5. The maximum absolute atomic E-state index is 11.6. The predicted molar refractivity (Wildman–Crippen MR) is 86.5 cm³/mol. The van der Waals surface area contributed by atoms with Crippen molar-refractivity contribution in [1.29, 1.82) is 0 Å². The van der Waals surface area contributed by atoms with E-state index >= 15 is 0 Å². The highest BCUT2D eigenvalue weighted by molar-refractivity contribution is 7.99. The van der Waals surface area contributed by atoms with Gasteiger partial charge in [-0.05, 0) is 49.4 Å². The molecule has 0 spiro atoms. The smallest absolute Gasteiger partial charge is 0.339 e. The average Bonchev–Trinajstić information content (AvgIpc) is 2.55. The van der Waals surface area contributed by atoms with Crippen LogP contribution in [0.3, 0.4) is 0 Å². The van der Waals surface area contributed by atoms with Gasteiger partial charge in [-0.1, -0.05) is 11.8 Å². The SMILES string of the molecule is CCOC(=O)c1ccc(Sc2ccc(OC)c(C(=O)O)c2)cc1. The summed E-state index contributed by atoms with van der Waals surface area (Å²) in [7, 11) is 1.43. The molecular formula is C17H16O5S. The molecule has 120 valence electrons. The number of carbonyl (C=O) groups excluding carboxylic acids is 1. The fraction of sp³-hybridized carbons (Fsp3) is 0.176. The molecule has 0 aliphatic rings. The molecule has 0 radical (unpaired) electrons. The van der Waals surface area contributed by atoms with Gasteiger partial charge in [-0.3, -0.25) is 0 Å². The van der Waals surface area contributed by atoms with Gasteiger partial charge in [0, 0.05) is 9.79 Å². The van der Waals surface area contributed by atoms with Crippen molar-refractivity contribution in [3.05, 3.63) is 53.6 Å². The molecule has 0 aliphatic carbocycles. The number of carbonyl (C=O) groups is 2. The Morgan fingerprint density at radius 2 is 1.74 bits per heavy atom. The standard InChI is InChI=1S/C17H16O5S/c1-3-22-17(20)11-4-6-12(7-5-11)23-13-8-9-15(21-2)14(10-13)16(18)19/h4-10H,3H2,1-2H3,(H,18,19). The zero-order chi connectivity index (χ0) is 16.8. The minimum absolute atomic E-state index is 0.112. The second-order valence-corrected chi connectivity index (χ2v) is 5.66. The lowest BCUT2D eigenvalue weighted by molar-refractivity contribution is 0.0525. The predicted octanol–water partition coefficient (Wildman–Crippen LogP) is 3.72. The molecule has 2 aromatic carbocycles. The van der Waals surface area contributed by atoms with Crippen LogP contribution in [-0.4, -0.2) is 30.8 Å². The van der Waals surface area contributed by atoms with E-state index in [1.54, 1.807) is 49.4 Å². The first-order valence-electron chi connectivity index (χ1n) is 6.91. The molecule has 6 heteroatoms.